The molecule has 3 aromatic carbocycles. The Labute approximate surface area is 274 Å². The molecule has 0 spiro atoms. The fourth-order valence-electron chi connectivity index (χ4n) is 5.06. The van der Waals surface area contributed by atoms with Crippen molar-refractivity contribution in [3.05, 3.63) is 102 Å². The molecule has 3 aromatic rings. The minimum atomic E-state index is -3.69. The molecule has 0 radical (unpaired) electrons. The van der Waals surface area contributed by atoms with E-state index in [1.807, 2.05) is 63.2 Å². The molecular formula is C36H48N4O5S. The minimum Gasteiger partial charge on any atom is -0.463 e. The molecular weight excluding hydrogens is 600 g/mol. The number of anilines is 1. The van der Waals surface area contributed by atoms with Crippen molar-refractivity contribution in [1.29, 1.82) is 0 Å². The molecule has 2 amide bonds. The lowest BCUT2D eigenvalue weighted by Crippen LogP contribution is -2.48. The van der Waals surface area contributed by atoms with Gasteiger partial charge in [0.25, 0.3) is 0 Å². The molecule has 0 saturated heterocycles. The first-order valence-corrected chi connectivity index (χ1v) is 17.2. The summed E-state index contributed by atoms with van der Waals surface area (Å²) >= 11 is 0. The predicted molar refractivity (Wildman–Crippen MR) is 184 cm³/mol. The van der Waals surface area contributed by atoms with Gasteiger partial charge in [0.2, 0.25) is 21.8 Å². The zero-order chi connectivity index (χ0) is 33.7. The fourth-order valence-corrected chi connectivity index (χ4v) is 6.88. The summed E-state index contributed by atoms with van der Waals surface area (Å²) < 4.78 is 34.0. The van der Waals surface area contributed by atoms with Gasteiger partial charge in [0.1, 0.15) is 11.8 Å². The highest BCUT2D eigenvalue weighted by Gasteiger charge is 2.29. The monoisotopic (exact) mass is 648 g/mol. The van der Waals surface area contributed by atoms with E-state index in [1.54, 1.807) is 47.6 Å². The van der Waals surface area contributed by atoms with Gasteiger partial charge in [0, 0.05) is 31.2 Å². The van der Waals surface area contributed by atoms with Crippen molar-refractivity contribution in [2.24, 2.45) is 5.92 Å². The summed E-state index contributed by atoms with van der Waals surface area (Å²) in [5, 5.41) is 5.88. The van der Waals surface area contributed by atoms with E-state index in [0.717, 1.165) is 11.1 Å². The van der Waals surface area contributed by atoms with Gasteiger partial charge in [-0.25, -0.2) is 8.42 Å². The van der Waals surface area contributed by atoms with Crippen LogP contribution in [0.15, 0.2) is 96.1 Å². The van der Waals surface area contributed by atoms with Gasteiger partial charge in [-0.05, 0) is 80.1 Å². The number of sulfonamides is 1. The second kappa shape index (κ2) is 17.5. The van der Waals surface area contributed by atoms with E-state index in [1.165, 1.54) is 0 Å². The molecule has 2 atom stereocenters. The fraction of sp³-hybridized carbons (Fsp3) is 0.389. The maximum atomic E-state index is 13.5. The van der Waals surface area contributed by atoms with E-state index >= 15 is 0 Å². The number of carbonyl (C=O) groups excluding carboxylic acids is 2. The molecule has 9 nitrogen and oxygen atoms in total. The maximum Gasteiger partial charge on any atom is 0.243 e. The lowest BCUT2D eigenvalue weighted by molar-refractivity contribution is -0.128. The summed E-state index contributed by atoms with van der Waals surface area (Å²) in [7, 11) is -3.69. The summed E-state index contributed by atoms with van der Waals surface area (Å²) in [4.78, 5) is 26.5. The van der Waals surface area contributed by atoms with E-state index in [9.17, 15) is 18.0 Å². The Bertz CT molecular complexity index is 1520. The van der Waals surface area contributed by atoms with Gasteiger partial charge in [-0.15, -0.1) is 0 Å². The number of nitrogens with one attached hydrogen (secondary N) is 2. The second-order valence-corrected chi connectivity index (χ2v) is 14.0. The molecule has 0 fully saturated rings. The van der Waals surface area contributed by atoms with Crippen LogP contribution in [0.3, 0.4) is 0 Å². The lowest BCUT2D eigenvalue weighted by Gasteiger charge is -2.30. The van der Waals surface area contributed by atoms with Crippen LogP contribution in [0.1, 0.15) is 58.1 Å². The van der Waals surface area contributed by atoms with Crippen LogP contribution in [0.25, 0.3) is 0 Å². The molecule has 0 bridgehead atoms. The number of rotatable bonds is 18. The number of hydrogen-bond donors (Lipinski definition) is 3. The molecule has 0 aromatic heterocycles. The van der Waals surface area contributed by atoms with Crippen LogP contribution in [0.4, 0.5) is 5.69 Å². The van der Waals surface area contributed by atoms with Crippen LogP contribution in [-0.4, -0.2) is 49.7 Å². The summed E-state index contributed by atoms with van der Waals surface area (Å²) in [6.07, 6.45) is 2.49. The Morgan fingerprint density at radius 1 is 0.913 bits per heavy atom. The zero-order valence-electron chi connectivity index (χ0n) is 27.4. The molecule has 46 heavy (non-hydrogen) atoms. The van der Waals surface area contributed by atoms with Crippen molar-refractivity contribution in [2.75, 3.05) is 18.8 Å². The van der Waals surface area contributed by atoms with E-state index in [2.05, 4.69) is 17.2 Å². The molecule has 1 unspecified atom stereocenters. The minimum absolute atomic E-state index is 0.121. The van der Waals surface area contributed by atoms with Crippen LogP contribution in [0.2, 0.25) is 0 Å². The standard InChI is InChI=1S/C36H48N4O5S/c1-26(2)25-40(46(43,44)33-20-16-31(37)17-21-33)28(5)11-9-10-22-38-36(42)34(23-29-12-7-6-8-13-29)39-35(41)24-30-14-18-32(19-15-30)45-27(3)4/h6-8,12-21,26,28,34H,3,9-11,22-25,37H2,1-2,4-5H3,(H,38,42)(H,39,41)/t28-,34?/m1/s1. The number of hydrogen-bond acceptors (Lipinski definition) is 6. The Morgan fingerprint density at radius 3 is 2.17 bits per heavy atom. The zero-order valence-corrected chi connectivity index (χ0v) is 28.2. The first kappa shape index (κ1) is 36.3. The number of unbranched alkanes of at least 4 members (excludes halogenated alkanes) is 1. The van der Waals surface area contributed by atoms with Crippen LogP contribution in [0, 0.1) is 5.92 Å². The third-order valence-electron chi connectivity index (χ3n) is 7.39. The van der Waals surface area contributed by atoms with Gasteiger partial charge in [0.05, 0.1) is 17.1 Å². The molecule has 248 valence electrons. The lowest BCUT2D eigenvalue weighted by atomic mass is 10.0. The number of nitrogens with zero attached hydrogens (tertiary/aromatic N) is 1. The van der Waals surface area contributed by atoms with Gasteiger partial charge in [-0.3, -0.25) is 9.59 Å². The number of amides is 2. The molecule has 0 saturated carbocycles. The summed E-state index contributed by atoms with van der Waals surface area (Å²) in [5.41, 5.74) is 8.01. The Kier molecular flexibility index (Phi) is 13.8. The maximum absolute atomic E-state index is 13.5. The third kappa shape index (κ3) is 11.7. The van der Waals surface area contributed by atoms with Crippen molar-refractivity contribution in [3.8, 4) is 5.75 Å². The average molecular weight is 649 g/mol. The van der Waals surface area contributed by atoms with E-state index < -0.39 is 16.1 Å². The highest BCUT2D eigenvalue weighted by molar-refractivity contribution is 7.89. The molecule has 0 aliphatic carbocycles. The van der Waals surface area contributed by atoms with Gasteiger partial charge < -0.3 is 21.1 Å². The Hall–Kier alpha value is -4.15. The highest BCUT2D eigenvalue weighted by atomic mass is 32.2. The number of carbonyl (C=O) groups is 2. The SMILES string of the molecule is C=C(C)Oc1ccc(CC(=O)NC(Cc2ccccc2)C(=O)NCCCC[C@@H](C)N(CC(C)C)S(=O)(=O)c2ccc(N)cc2)cc1. The van der Waals surface area contributed by atoms with Crippen LogP contribution >= 0.6 is 0 Å². The van der Waals surface area contributed by atoms with Crippen molar-refractivity contribution in [3.63, 3.8) is 0 Å². The Morgan fingerprint density at radius 2 is 1.57 bits per heavy atom. The number of benzene rings is 3. The summed E-state index contributed by atoms with van der Waals surface area (Å²) in [6, 6.07) is 22.0. The van der Waals surface area contributed by atoms with Crippen molar-refractivity contribution in [1.82, 2.24) is 14.9 Å². The normalized spacial score (nSPS) is 12.8. The number of nitrogen functional groups attached to an aromatic ring is 1. The van der Waals surface area contributed by atoms with Crippen LogP contribution < -0.4 is 21.1 Å². The van der Waals surface area contributed by atoms with E-state index in [0.29, 0.717) is 56.0 Å². The van der Waals surface area contributed by atoms with Gasteiger partial charge >= 0.3 is 0 Å². The molecule has 0 aliphatic heterocycles. The number of allylic oxidation sites excluding steroid dienone is 1. The topological polar surface area (TPSA) is 131 Å². The first-order valence-electron chi connectivity index (χ1n) is 15.8. The van der Waals surface area contributed by atoms with Gasteiger partial charge in [0.15, 0.2) is 0 Å². The summed E-state index contributed by atoms with van der Waals surface area (Å²) in [5.74, 6) is 0.847. The summed E-state index contributed by atoms with van der Waals surface area (Å²) in [6.45, 7) is 12.2. The van der Waals surface area contributed by atoms with E-state index in [-0.39, 0.29) is 35.1 Å². The van der Waals surface area contributed by atoms with Gasteiger partial charge in [-0.1, -0.05) is 69.3 Å². The second-order valence-electron chi connectivity index (χ2n) is 12.1. The highest BCUT2D eigenvalue weighted by Crippen LogP contribution is 2.23. The molecule has 3 rings (SSSR count). The molecule has 4 N–H and O–H groups in total. The smallest absolute Gasteiger partial charge is 0.243 e. The largest absolute Gasteiger partial charge is 0.463 e. The predicted octanol–water partition coefficient (Wildman–Crippen LogP) is 5.47. The quantitative estimate of drug-likeness (QED) is 0.0953. The number of nitrogens with two attached hydrogens (primary N) is 1. The van der Waals surface area contributed by atoms with Gasteiger partial charge in [-0.2, -0.15) is 4.31 Å². The molecule has 10 heteroatoms. The molecule has 0 aliphatic rings. The Balaban J connectivity index is 1.56. The van der Waals surface area contributed by atoms with Crippen LogP contribution in [-0.2, 0) is 32.5 Å². The van der Waals surface area contributed by atoms with Crippen molar-refractivity contribution >= 4 is 27.5 Å². The average Bonchev–Trinajstić information content (AvgIpc) is 3.00. The van der Waals surface area contributed by atoms with Crippen molar-refractivity contribution < 1.29 is 22.7 Å². The first-order chi connectivity index (χ1) is 21.8. The third-order valence-corrected chi connectivity index (χ3v) is 9.38. The van der Waals surface area contributed by atoms with Crippen LogP contribution in [0.5, 0.6) is 5.75 Å². The van der Waals surface area contributed by atoms with Crippen molar-refractivity contribution in [2.45, 2.75) is 76.8 Å². The van der Waals surface area contributed by atoms with E-state index in [4.69, 9.17) is 10.5 Å². The molecule has 0 heterocycles. The number of ether oxygens (including phenoxy) is 1.